The molecular formula is C52H99NO7. The van der Waals surface area contributed by atoms with Crippen molar-refractivity contribution in [2.24, 2.45) is 0 Å². The lowest BCUT2D eigenvalue weighted by molar-refractivity contribution is -0.889. The summed E-state index contributed by atoms with van der Waals surface area (Å²) in [6, 6.07) is -0.722. The lowest BCUT2D eigenvalue weighted by atomic mass is 10.0. The van der Waals surface area contributed by atoms with E-state index in [1.165, 1.54) is 180 Å². The number of hydrogen-bond donors (Lipinski definition) is 0. The van der Waals surface area contributed by atoms with E-state index in [4.69, 9.17) is 14.2 Å². The van der Waals surface area contributed by atoms with Gasteiger partial charge in [0.05, 0.1) is 40.3 Å². The molecule has 0 aromatic heterocycles. The number of likely N-dealkylation sites (N-methyl/N-ethyl adjacent to an activating group) is 1. The molecule has 0 spiro atoms. The second-order valence-corrected chi connectivity index (χ2v) is 18.8. The van der Waals surface area contributed by atoms with Crippen LogP contribution in [0.25, 0.3) is 0 Å². The molecule has 0 saturated carbocycles. The zero-order valence-corrected chi connectivity index (χ0v) is 40.4. The number of carbonyl (C=O) groups excluding carboxylic acids is 3. The number of esters is 2. The Bertz CT molecular complexity index is 993. The third kappa shape index (κ3) is 41.4. The molecule has 0 aliphatic rings. The minimum atomic E-state index is -1.12. The van der Waals surface area contributed by atoms with E-state index in [-0.39, 0.29) is 42.7 Å². The van der Waals surface area contributed by atoms with Crippen molar-refractivity contribution in [2.75, 3.05) is 41.0 Å². The van der Waals surface area contributed by atoms with E-state index in [9.17, 15) is 19.5 Å². The van der Waals surface area contributed by atoms with Crippen molar-refractivity contribution < 1.29 is 38.2 Å². The molecule has 0 amide bonds. The van der Waals surface area contributed by atoms with Gasteiger partial charge in [-0.15, -0.1) is 0 Å². The number of ether oxygens (including phenoxy) is 3. The van der Waals surface area contributed by atoms with Gasteiger partial charge in [0.15, 0.2) is 6.10 Å². The number of nitrogens with zero attached hydrogens (tertiary/aromatic N) is 1. The van der Waals surface area contributed by atoms with Crippen molar-refractivity contribution in [2.45, 2.75) is 264 Å². The van der Waals surface area contributed by atoms with E-state index in [0.29, 0.717) is 12.8 Å². The van der Waals surface area contributed by atoms with Gasteiger partial charge in [0.1, 0.15) is 12.6 Å². The molecule has 2 unspecified atom stereocenters. The summed E-state index contributed by atoms with van der Waals surface area (Å²) in [6.07, 6.45) is 48.1. The SMILES string of the molecule is CCCCCCCCCCCCCC/C=C/CCCCCCCCCC(=O)OC(COCCC(C(=O)[O-])[N+](C)(C)C)COC(=O)CCCCCCCCCCCCCCC. The Balaban J connectivity index is 4.18. The highest BCUT2D eigenvalue weighted by molar-refractivity contribution is 5.70. The molecule has 0 heterocycles. The smallest absolute Gasteiger partial charge is 0.306 e. The first-order valence-corrected chi connectivity index (χ1v) is 25.7. The van der Waals surface area contributed by atoms with E-state index in [1.54, 1.807) is 0 Å². The minimum absolute atomic E-state index is 0.0449. The number of quaternary nitrogens is 1. The molecule has 0 saturated heterocycles. The van der Waals surface area contributed by atoms with Gasteiger partial charge >= 0.3 is 11.9 Å². The van der Waals surface area contributed by atoms with Gasteiger partial charge in [-0.3, -0.25) is 9.59 Å². The van der Waals surface area contributed by atoms with Crippen LogP contribution in [0.4, 0.5) is 0 Å². The molecule has 0 aliphatic heterocycles. The molecule has 0 aliphatic carbocycles. The molecule has 2 atom stereocenters. The molecule has 0 aromatic carbocycles. The predicted molar refractivity (Wildman–Crippen MR) is 250 cm³/mol. The van der Waals surface area contributed by atoms with Crippen LogP contribution in [0.2, 0.25) is 0 Å². The highest BCUT2D eigenvalue weighted by Gasteiger charge is 2.25. The molecule has 0 aromatic rings. The number of carboxylic acids is 1. The number of allylic oxidation sites excluding steroid dienone is 2. The van der Waals surface area contributed by atoms with Gasteiger partial charge in [-0.1, -0.05) is 206 Å². The third-order valence-corrected chi connectivity index (χ3v) is 11.9. The summed E-state index contributed by atoms with van der Waals surface area (Å²) in [5, 5.41) is 11.6. The molecule has 0 N–H and O–H groups in total. The zero-order chi connectivity index (χ0) is 44.2. The van der Waals surface area contributed by atoms with Crippen LogP contribution in [0.5, 0.6) is 0 Å². The topological polar surface area (TPSA) is 102 Å². The van der Waals surface area contributed by atoms with Crippen LogP contribution in [-0.2, 0) is 28.6 Å². The summed E-state index contributed by atoms with van der Waals surface area (Å²) in [5.41, 5.74) is 0. The van der Waals surface area contributed by atoms with E-state index in [2.05, 4.69) is 26.0 Å². The van der Waals surface area contributed by atoms with Gasteiger partial charge in [-0.05, 0) is 38.5 Å². The molecule has 354 valence electrons. The summed E-state index contributed by atoms with van der Waals surface area (Å²) in [4.78, 5) is 37.0. The van der Waals surface area contributed by atoms with Gasteiger partial charge in [-0.25, -0.2) is 0 Å². The largest absolute Gasteiger partial charge is 0.544 e. The fourth-order valence-electron chi connectivity index (χ4n) is 7.89. The fraction of sp³-hybridized carbons (Fsp3) is 0.904. The van der Waals surface area contributed by atoms with E-state index < -0.39 is 18.1 Å². The molecule has 8 heteroatoms. The Kier molecular flexibility index (Phi) is 42.3. The highest BCUT2D eigenvalue weighted by atomic mass is 16.6. The van der Waals surface area contributed by atoms with Crippen molar-refractivity contribution in [1.82, 2.24) is 0 Å². The second-order valence-electron chi connectivity index (χ2n) is 18.8. The monoisotopic (exact) mass is 850 g/mol. The molecule has 0 fully saturated rings. The summed E-state index contributed by atoms with van der Waals surface area (Å²) >= 11 is 0. The third-order valence-electron chi connectivity index (χ3n) is 11.9. The number of hydrogen-bond acceptors (Lipinski definition) is 7. The van der Waals surface area contributed by atoms with Crippen LogP contribution in [0.15, 0.2) is 12.2 Å². The average molecular weight is 850 g/mol. The predicted octanol–water partition coefficient (Wildman–Crippen LogP) is 13.3. The molecule has 60 heavy (non-hydrogen) atoms. The first-order valence-electron chi connectivity index (χ1n) is 25.7. The van der Waals surface area contributed by atoms with Gasteiger partial charge in [0, 0.05) is 19.3 Å². The van der Waals surface area contributed by atoms with Crippen LogP contribution >= 0.6 is 0 Å². The first-order chi connectivity index (χ1) is 29.1. The Morgan fingerprint density at radius 3 is 1.20 bits per heavy atom. The van der Waals surface area contributed by atoms with Crippen LogP contribution in [0.3, 0.4) is 0 Å². The van der Waals surface area contributed by atoms with Crippen LogP contribution in [0, 0.1) is 0 Å². The maximum atomic E-state index is 12.8. The second kappa shape index (κ2) is 43.7. The Morgan fingerprint density at radius 1 is 0.483 bits per heavy atom. The minimum Gasteiger partial charge on any atom is -0.544 e. The van der Waals surface area contributed by atoms with Crippen molar-refractivity contribution in [3.63, 3.8) is 0 Å². The van der Waals surface area contributed by atoms with Crippen molar-refractivity contribution in [3.8, 4) is 0 Å². The number of rotatable bonds is 47. The van der Waals surface area contributed by atoms with Gasteiger partial charge in [0.2, 0.25) is 0 Å². The Morgan fingerprint density at radius 2 is 0.833 bits per heavy atom. The van der Waals surface area contributed by atoms with Gasteiger partial charge in [0.25, 0.3) is 0 Å². The summed E-state index contributed by atoms with van der Waals surface area (Å²) in [7, 11) is 5.42. The zero-order valence-electron chi connectivity index (χ0n) is 40.4. The number of unbranched alkanes of at least 4 members (excludes halogenated alkanes) is 31. The maximum Gasteiger partial charge on any atom is 0.306 e. The van der Waals surface area contributed by atoms with Gasteiger partial charge < -0.3 is 28.6 Å². The van der Waals surface area contributed by atoms with Crippen LogP contribution in [0.1, 0.15) is 251 Å². The highest BCUT2D eigenvalue weighted by Crippen LogP contribution is 2.16. The molecular weight excluding hydrogens is 751 g/mol. The Labute approximate surface area is 371 Å². The summed E-state index contributed by atoms with van der Waals surface area (Å²) < 4.78 is 17.2. The van der Waals surface area contributed by atoms with Crippen molar-refractivity contribution in [1.29, 1.82) is 0 Å². The molecule has 8 nitrogen and oxygen atoms in total. The van der Waals surface area contributed by atoms with Crippen LogP contribution < -0.4 is 5.11 Å². The average Bonchev–Trinajstić information content (AvgIpc) is 3.21. The fourth-order valence-corrected chi connectivity index (χ4v) is 7.89. The lowest BCUT2D eigenvalue weighted by Gasteiger charge is -2.34. The maximum absolute atomic E-state index is 12.8. The van der Waals surface area contributed by atoms with E-state index in [0.717, 1.165) is 38.5 Å². The first kappa shape index (κ1) is 58.1. The van der Waals surface area contributed by atoms with Crippen molar-refractivity contribution in [3.05, 3.63) is 12.2 Å². The quantitative estimate of drug-likeness (QED) is 0.0260. The van der Waals surface area contributed by atoms with E-state index in [1.807, 2.05) is 21.1 Å². The lowest BCUT2D eigenvalue weighted by Crippen LogP contribution is -2.55. The normalized spacial score (nSPS) is 12.9. The Hall–Kier alpha value is -1.93. The number of carboxylic acid groups (broad SMARTS) is 1. The number of aliphatic carboxylic acids is 1. The summed E-state index contributed by atoms with van der Waals surface area (Å²) in [5.74, 6) is -1.72. The number of carbonyl (C=O) groups is 3. The van der Waals surface area contributed by atoms with Crippen LogP contribution in [-0.4, -0.2) is 75.5 Å². The van der Waals surface area contributed by atoms with Crippen molar-refractivity contribution >= 4 is 17.9 Å². The molecule has 0 bridgehead atoms. The summed E-state index contributed by atoms with van der Waals surface area (Å²) in [6.45, 7) is 4.70. The van der Waals surface area contributed by atoms with E-state index >= 15 is 0 Å². The molecule has 0 rings (SSSR count). The molecule has 0 radical (unpaired) electrons. The van der Waals surface area contributed by atoms with Gasteiger partial charge in [-0.2, -0.15) is 0 Å². The standard InChI is InChI=1S/C52H99NO7/c1-6-8-10-12-14-16-18-20-21-22-23-24-25-26-27-28-29-31-33-35-37-39-41-43-51(55)60-48(46-58-45-44-49(52(56)57)53(3,4)5)47-59-50(54)42-40-38-36-34-32-30-19-17-15-13-11-9-7-2/h26-27,48-49H,6-25,28-47H2,1-5H3/b27-26+.